The van der Waals surface area contributed by atoms with Gasteiger partial charge in [-0.1, -0.05) is 6.07 Å². The van der Waals surface area contributed by atoms with Gasteiger partial charge >= 0.3 is 11.8 Å². The first kappa shape index (κ1) is 21.7. The second kappa shape index (κ2) is 8.41. The number of amides is 1. The average molecular weight is 418 g/mol. The van der Waals surface area contributed by atoms with Crippen molar-refractivity contribution in [1.82, 2.24) is 15.5 Å². The number of nitrogens with one attached hydrogen (secondary N) is 2. The van der Waals surface area contributed by atoms with Gasteiger partial charge in [-0.3, -0.25) is 10.1 Å². The third-order valence-corrected chi connectivity index (χ3v) is 5.20. The molecule has 0 unspecified atom stereocenters. The molecule has 9 heteroatoms. The highest BCUT2D eigenvalue weighted by molar-refractivity contribution is 5.68. The first-order valence-electron chi connectivity index (χ1n) is 10.2. The van der Waals surface area contributed by atoms with E-state index in [1.807, 2.05) is 33.8 Å². The summed E-state index contributed by atoms with van der Waals surface area (Å²) in [5.41, 5.74) is -0.179. The third-order valence-electron chi connectivity index (χ3n) is 5.20. The van der Waals surface area contributed by atoms with Crippen molar-refractivity contribution in [3.63, 3.8) is 0 Å². The largest absolute Gasteiger partial charge is 0.482 e. The Kier molecular flexibility index (Phi) is 6.09. The van der Waals surface area contributed by atoms with Crippen molar-refractivity contribution >= 4 is 11.8 Å². The highest BCUT2D eigenvalue weighted by Gasteiger charge is 2.30. The molecule has 164 valence electrons. The van der Waals surface area contributed by atoms with Gasteiger partial charge in [0.25, 0.3) is 0 Å². The van der Waals surface area contributed by atoms with Gasteiger partial charge in [0.15, 0.2) is 5.75 Å². The standard InChI is InChI=1S/C21H30N4O5/c1-20(2,3)30-19(26)24-11-7-15(8-12-24)16-5-6-18(17(13-16)25(27)28)29-14-21(4)22-9-10-23-21/h5-6,9-10,13,15,22-23H,7-8,11-12,14H2,1-4H3. The van der Waals surface area contributed by atoms with Crippen LogP contribution in [0.4, 0.5) is 10.5 Å². The summed E-state index contributed by atoms with van der Waals surface area (Å²) in [7, 11) is 0. The van der Waals surface area contributed by atoms with Gasteiger partial charge in [0, 0.05) is 31.6 Å². The molecule has 2 heterocycles. The predicted molar refractivity (Wildman–Crippen MR) is 112 cm³/mol. The van der Waals surface area contributed by atoms with Crippen LogP contribution >= 0.6 is 0 Å². The molecule has 9 nitrogen and oxygen atoms in total. The molecular weight excluding hydrogens is 388 g/mol. The molecule has 0 aliphatic carbocycles. The van der Waals surface area contributed by atoms with E-state index in [0.29, 0.717) is 13.1 Å². The van der Waals surface area contributed by atoms with Gasteiger partial charge in [0.1, 0.15) is 17.9 Å². The summed E-state index contributed by atoms with van der Waals surface area (Å²) in [6.45, 7) is 8.80. The monoisotopic (exact) mass is 418 g/mol. The summed E-state index contributed by atoms with van der Waals surface area (Å²) in [6, 6.07) is 5.14. The van der Waals surface area contributed by atoms with Crippen molar-refractivity contribution < 1.29 is 19.2 Å². The third kappa shape index (κ3) is 5.34. The summed E-state index contributed by atoms with van der Waals surface area (Å²) in [5, 5.41) is 17.8. The van der Waals surface area contributed by atoms with Crippen LogP contribution in [-0.4, -0.2) is 46.9 Å². The van der Waals surface area contributed by atoms with E-state index >= 15 is 0 Å². The van der Waals surface area contributed by atoms with Crippen LogP contribution in [0.2, 0.25) is 0 Å². The molecule has 0 aromatic heterocycles. The number of rotatable bonds is 5. The van der Waals surface area contributed by atoms with Crippen LogP contribution in [0.3, 0.4) is 0 Å². The summed E-state index contributed by atoms with van der Waals surface area (Å²) in [6.07, 6.45) is 4.69. The molecule has 0 spiro atoms. The fourth-order valence-corrected chi connectivity index (χ4v) is 3.57. The van der Waals surface area contributed by atoms with Crippen LogP contribution in [0.15, 0.2) is 30.6 Å². The zero-order chi connectivity index (χ0) is 21.9. The van der Waals surface area contributed by atoms with Crippen LogP contribution in [0.5, 0.6) is 5.75 Å². The topological polar surface area (TPSA) is 106 Å². The second-order valence-corrected chi connectivity index (χ2v) is 8.97. The smallest absolute Gasteiger partial charge is 0.410 e. The Hall–Kier alpha value is -2.97. The number of nitro benzene ring substituents is 1. The van der Waals surface area contributed by atoms with Crippen molar-refractivity contribution in [2.24, 2.45) is 0 Å². The summed E-state index contributed by atoms with van der Waals surface area (Å²) in [4.78, 5) is 25.1. The number of nitro groups is 1. The van der Waals surface area contributed by atoms with Crippen molar-refractivity contribution in [3.05, 3.63) is 46.3 Å². The SMILES string of the molecule is CC1(COc2ccc(C3CCN(C(=O)OC(C)(C)C)CC3)cc2[N+](=O)[O-])NC=CN1. The normalized spacial score (nSPS) is 18.5. The van der Waals surface area contributed by atoms with Crippen molar-refractivity contribution in [3.8, 4) is 5.75 Å². The van der Waals surface area contributed by atoms with Gasteiger partial charge < -0.3 is 25.0 Å². The Morgan fingerprint density at radius 1 is 1.27 bits per heavy atom. The molecule has 1 saturated heterocycles. The predicted octanol–water partition coefficient (Wildman–Crippen LogP) is 3.47. The zero-order valence-electron chi connectivity index (χ0n) is 17.9. The fourth-order valence-electron chi connectivity index (χ4n) is 3.57. The van der Waals surface area contributed by atoms with E-state index in [1.165, 1.54) is 0 Å². The number of piperidine rings is 1. The number of ether oxygens (including phenoxy) is 2. The lowest BCUT2D eigenvalue weighted by molar-refractivity contribution is -0.386. The molecule has 1 aromatic carbocycles. The van der Waals surface area contributed by atoms with Gasteiger partial charge in [-0.05, 0) is 58.1 Å². The molecule has 1 fully saturated rings. The fraction of sp³-hybridized carbons (Fsp3) is 0.571. The Balaban J connectivity index is 1.63. The summed E-state index contributed by atoms with van der Waals surface area (Å²) >= 11 is 0. The van der Waals surface area contributed by atoms with Crippen molar-refractivity contribution in [2.45, 2.75) is 57.7 Å². The molecule has 2 N–H and O–H groups in total. The minimum atomic E-state index is -0.527. The minimum Gasteiger partial charge on any atom is -0.482 e. The molecular formula is C21H30N4O5. The quantitative estimate of drug-likeness (QED) is 0.557. The molecule has 30 heavy (non-hydrogen) atoms. The average Bonchev–Trinajstić information content (AvgIpc) is 3.12. The van der Waals surface area contributed by atoms with Crippen LogP contribution in [0.25, 0.3) is 0 Å². The molecule has 1 amide bonds. The maximum absolute atomic E-state index is 12.2. The maximum atomic E-state index is 12.2. The van der Waals surface area contributed by atoms with Gasteiger partial charge in [-0.15, -0.1) is 0 Å². The number of benzene rings is 1. The van der Waals surface area contributed by atoms with Gasteiger partial charge in [0.05, 0.1) is 4.92 Å². The number of likely N-dealkylation sites (tertiary alicyclic amines) is 1. The molecule has 3 rings (SSSR count). The Labute approximate surface area is 176 Å². The van der Waals surface area contributed by atoms with Crippen LogP contribution in [-0.2, 0) is 4.74 Å². The molecule has 0 saturated carbocycles. The van der Waals surface area contributed by atoms with Gasteiger partial charge in [-0.25, -0.2) is 4.79 Å². The number of carbonyl (C=O) groups is 1. The van der Waals surface area contributed by atoms with E-state index in [-0.39, 0.29) is 30.1 Å². The maximum Gasteiger partial charge on any atom is 0.410 e. The minimum absolute atomic E-state index is 0.0448. The lowest BCUT2D eigenvalue weighted by atomic mass is 9.89. The number of hydrogen-bond acceptors (Lipinski definition) is 7. The molecule has 0 atom stereocenters. The van der Waals surface area contributed by atoms with E-state index < -0.39 is 16.2 Å². The summed E-state index contributed by atoms with van der Waals surface area (Å²) in [5.74, 6) is 0.392. The van der Waals surface area contributed by atoms with E-state index in [0.717, 1.165) is 18.4 Å². The van der Waals surface area contributed by atoms with E-state index in [4.69, 9.17) is 9.47 Å². The van der Waals surface area contributed by atoms with Crippen molar-refractivity contribution in [1.29, 1.82) is 0 Å². The first-order valence-corrected chi connectivity index (χ1v) is 10.2. The number of nitrogens with zero attached hydrogens (tertiary/aromatic N) is 2. The number of hydrogen-bond donors (Lipinski definition) is 2. The lowest BCUT2D eigenvalue weighted by Crippen LogP contribution is -2.50. The van der Waals surface area contributed by atoms with Crippen LogP contribution in [0, 0.1) is 10.1 Å². The summed E-state index contributed by atoms with van der Waals surface area (Å²) < 4.78 is 11.2. The lowest BCUT2D eigenvalue weighted by Gasteiger charge is -2.33. The highest BCUT2D eigenvalue weighted by atomic mass is 16.6. The zero-order valence-corrected chi connectivity index (χ0v) is 17.9. The van der Waals surface area contributed by atoms with Crippen molar-refractivity contribution in [2.75, 3.05) is 19.7 Å². The second-order valence-electron chi connectivity index (χ2n) is 8.97. The van der Waals surface area contributed by atoms with E-state index in [1.54, 1.807) is 29.4 Å². The Bertz CT molecular complexity index is 817. The number of carbonyl (C=O) groups excluding carboxylic acids is 1. The van der Waals surface area contributed by atoms with E-state index in [2.05, 4.69) is 10.6 Å². The Morgan fingerprint density at radius 2 is 1.90 bits per heavy atom. The van der Waals surface area contributed by atoms with Gasteiger partial charge in [-0.2, -0.15) is 0 Å². The molecule has 1 aromatic rings. The molecule has 0 radical (unpaired) electrons. The first-order chi connectivity index (χ1) is 14.1. The van der Waals surface area contributed by atoms with Gasteiger partial charge in [0.2, 0.25) is 0 Å². The molecule has 0 bridgehead atoms. The van der Waals surface area contributed by atoms with Crippen LogP contribution in [0.1, 0.15) is 52.0 Å². The molecule has 2 aliphatic heterocycles. The Morgan fingerprint density at radius 3 is 2.47 bits per heavy atom. The van der Waals surface area contributed by atoms with E-state index in [9.17, 15) is 14.9 Å². The van der Waals surface area contributed by atoms with Crippen LogP contribution < -0.4 is 15.4 Å². The highest BCUT2D eigenvalue weighted by Crippen LogP contribution is 2.35. The molecule has 2 aliphatic rings.